The highest BCUT2D eigenvalue weighted by Gasteiger charge is 2.40. The lowest BCUT2D eigenvalue weighted by molar-refractivity contribution is -0.176. The first-order chi connectivity index (χ1) is 8.20. The van der Waals surface area contributed by atoms with Crippen LogP contribution in [0.15, 0.2) is 0 Å². The van der Waals surface area contributed by atoms with Crippen LogP contribution in [0, 0.1) is 17.3 Å². The molecule has 2 unspecified atom stereocenters. The van der Waals surface area contributed by atoms with Crippen molar-refractivity contribution in [3.8, 4) is 0 Å². The van der Waals surface area contributed by atoms with Crippen LogP contribution in [-0.2, 0) is 9.53 Å². The highest BCUT2D eigenvalue weighted by atomic mass is 16.6. The molecule has 0 aromatic heterocycles. The van der Waals surface area contributed by atoms with Gasteiger partial charge in [-0.25, -0.2) is 0 Å². The average Bonchev–Trinajstić information content (AvgIpc) is 2.28. The van der Waals surface area contributed by atoms with Crippen molar-refractivity contribution < 1.29 is 9.53 Å². The van der Waals surface area contributed by atoms with Crippen LogP contribution in [0.5, 0.6) is 0 Å². The SMILES string of the molecule is CCC(C)(C)C(=O)OC(C)(C)C1CCCCC1C. The summed E-state index contributed by atoms with van der Waals surface area (Å²) in [7, 11) is 0. The minimum atomic E-state index is -0.366. The van der Waals surface area contributed by atoms with Crippen molar-refractivity contribution in [2.75, 3.05) is 0 Å². The van der Waals surface area contributed by atoms with Gasteiger partial charge in [0, 0.05) is 5.92 Å². The quantitative estimate of drug-likeness (QED) is 0.687. The van der Waals surface area contributed by atoms with Crippen LogP contribution in [-0.4, -0.2) is 11.6 Å². The van der Waals surface area contributed by atoms with E-state index >= 15 is 0 Å². The van der Waals surface area contributed by atoms with E-state index in [1.165, 1.54) is 25.7 Å². The van der Waals surface area contributed by atoms with E-state index in [4.69, 9.17) is 4.74 Å². The van der Waals surface area contributed by atoms with Gasteiger partial charge in [0.15, 0.2) is 0 Å². The van der Waals surface area contributed by atoms with Gasteiger partial charge in [-0.3, -0.25) is 4.79 Å². The molecule has 0 amide bonds. The van der Waals surface area contributed by atoms with Crippen LogP contribution >= 0.6 is 0 Å². The maximum Gasteiger partial charge on any atom is 0.312 e. The number of hydrogen-bond acceptors (Lipinski definition) is 2. The Labute approximate surface area is 112 Å². The molecule has 0 N–H and O–H groups in total. The Morgan fingerprint density at radius 3 is 2.22 bits per heavy atom. The fourth-order valence-electron chi connectivity index (χ4n) is 2.95. The summed E-state index contributed by atoms with van der Waals surface area (Å²) in [5.41, 5.74) is -0.696. The second-order valence-electron chi connectivity index (χ2n) is 7.10. The summed E-state index contributed by atoms with van der Waals surface area (Å²) in [4.78, 5) is 12.2. The molecule has 0 spiro atoms. The lowest BCUT2D eigenvalue weighted by Crippen LogP contribution is -2.44. The summed E-state index contributed by atoms with van der Waals surface area (Å²) in [5, 5.41) is 0. The monoisotopic (exact) mass is 254 g/mol. The molecular weight excluding hydrogens is 224 g/mol. The Hall–Kier alpha value is -0.530. The Morgan fingerprint density at radius 2 is 1.72 bits per heavy atom. The largest absolute Gasteiger partial charge is 0.459 e. The zero-order chi connectivity index (χ0) is 14.0. The van der Waals surface area contributed by atoms with Crippen LogP contribution in [0.25, 0.3) is 0 Å². The van der Waals surface area contributed by atoms with Gasteiger partial charge in [0.1, 0.15) is 5.60 Å². The number of carbonyl (C=O) groups is 1. The van der Waals surface area contributed by atoms with Gasteiger partial charge in [-0.1, -0.05) is 33.1 Å². The van der Waals surface area contributed by atoms with Crippen LogP contribution in [0.3, 0.4) is 0 Å². The van der Waals surface area contributed by atoms with Crippen molar-refractivity contribution in [3.63, 3.8) is 0 Å². The van der Waals surface area contributed by atoms with E-state index in [1.807, 2.05) is 20.8 Å². The van der Waals surface area contributed by atoms with E-state index in [2.05, 4.69) is 20.8 Å². The molecule has 2 atom stereocenters. The molecular formula is C16H30O2. The first-order valence-electron chi connectivity index (χ1n) is 7.44. The summed E-state index contributed by atoms with van der Waals surface area (Å²) >= 11 is 0. The lowest BCUT2D eigenvalue weighted by atomic mass is 9.72. The van der Waals surface area contributed by atoms with Crippen LogP contribution in [0.1, 0.15) is 73.6 Å². The Balaban J connectivity index is 2.71. The van der Waals surface area contributed by atoms with Gasteiger partial charge in [0.25, 0.3) is 0 Å². The third kappa shape index (κ3) is 3.49. The van der Waals surface area contributed by atoms with Gasteiger partial charge in [0.05, 0.1) is 5.41 Å². The van der Waals surface area contributed by atoms with Crippen molar-refractivity contribution in [1.29, 1.82) is 0 Å². The standard InChI is InChI=1S/C16H30O2/c1-7-15(3,4)14(17)18-16(5,6)13-11-9-8-10-12(13)2/h12-13H,7-11H2,1-6H3. The zero-order valence-corrected chi connectivity index (χ0v) is 13.0. The van der Waals surface area contributed by atoms with Crippen molar-refractivity contribution in [1.82, 2.24) is 0 Å². The second-order valence-corrected chi connectivity index (χ2v) is 7.10. The molecule has 0 aromatic carbocycles. The van der Waals surface area contributed by atoms with Gasteiger partial charge in [-0.15, -0.1) is 0 Å². The molecule has 2 nitrogen and oxygen atoms in total. The van der Waals surface area contributed by atoms with Crippen LogP contribution in [0.2, 0.25) is 0 Å². The molecule has 0 saturated heterocycles. The first kappa shape index (κ1) is 15.5. The van der Waals surface area contributed by atoms with Gasteiger partial charge < -0.3 is 4.74 Å². The molecule has 1 aliphatic rings. The van der Waals surface area contributed by atoms with Crippen molar-refractivity contribution in [2.45, 2.75) is 79.2 Å². The van der Waals surface area contributed by atoms with Crippen molar-refractivity contribution >= 4 is 5.97 Å². The highest BCUT2D eigenvalue weighted by molar-refractivity contribution is 5.76. The average molecular weight is 254 g/mol. The molecule has 1 rings (SSSR count). The van der Waals surface area contributed by atoms with Gasteiger partial charge in [0.2, 0.25) is 0 Å². The number of hydrogen-bond donors (Lipinski definition) is 0. The number of rotatable bonds is 4. The molecule has 0 bridgehead atoms. The van der Waals surface area contributed by atoms with Crippen LogP contribution in [0.4, 0.5) is 0 Å². The molecule has 0 heterocycles. The topological polar surface area (TPSA) is 26.3 Å². The summed E-state index contributed by atoms with van der Waals surface area (Å²) in [6.45, 7) is 12.4. The minimum Gasteiger partial charge on any atom is -0.459 e. The lowest BCUT2D eigenvalue weighted by Gasteiger charge is -2.41. The molecule has 106 valence electrons. The number of carbonyl (C=O) groups excluding carboxylic acids is 1. The molecule has 2 heteroatoms. The van der Waals surface area contributed by atoms with E-state index < -0.39 is 0 Å². The number of esters is 1. The first-order valence-corrected chi connectivity index (χ1v) is 7.44. The summed E-state index contributed by atoms with van der Waals surface area (Å²) in [6.07, 6.45) is 5.87. The molecule has 1 saturated carbocycles. The Bertz CT molecular complexity index is 291. The third-order valence-corrected chi connectivity index (χ3v) is 4.80. The van der Waals surface area contributed by atoms with E-state index in [0.29, 0.717) is 11.8 Å². The summed E-state index contributed by atoms with van der Waals surface area (Å²) in [5.74, 6) is 1.11. The molecule has 0 radical (unpaired) electrons. The second kappa shape index (κ2) is 5.63. The molecule has 0 aromatic rings. The predicted octanol–water partition coefficient (Wildman–Crippen LogP) is 4.57. The van der Waals surface area contributed by atoms with Gasteiger partial charge >= 0.3 is 5.97 Å². The smallest absolute Gasteiger partial charge is 0.312 e. The third-order valence-electron chi connectivity index (χ3n) is 4.80. The van der Waals surface area contributed by atoms with Gasteiger partial charge in [-0.05, 0) is 46.5 Å². The maximum absolute atomic E-state index is 12.2. The van der Waals surface area contributed by atoms with E-state index in [9.17, 15) is 4.79 Å². The van der Waals surface area contributed by atoms with Crippen LogP contribution < -0.4 is 0 Å². The fourth-order valence-corrected chi connectivity index (χ4v) is 2.95. The summed E-state index contributed by atoms with van der Waals surface area (Å²) in [6, 6.07) is 0. The molecule has 18 heavy (non-hydrogen) atoms. The van der Waals surface area contributed by atoms with Crippen molar-refractivity contribution in [3.05, 3.63) is 0 Å². The Morgan fingerprint density at radius 1 is 1.17 bits per heavy atom. The van der Waals surface area contributed by atoms with E-state index in [0.717, 1.165) is 6.42 Å². The highest BCUT2D eigenvalue weighted by Crippen LogP contribution is 2.40. The molecule has 1 aliphatic carbocycles. The predicted molar refractivity (Wildman–Crippen MR) is 75.4 cm³/mol. The van der Waals surface area contributed by atoms with E-state index in [1.54, 1.807) is 0 Å². The fraction of sp³-hybridized carbons (Fsp3) is 0.938. The minimum absolute atomic E-state index is 0.0484. The Kier molecular flexibility index (Phi) is 4.85. The van der Waals surface area contributed by atoms with E-state index in [-0.39, 0.29) is 17.0 Å². The maximum atomic E-state index is 12.2. The summed E-state index contributed by atoms with van der Waals surface area (Å²) < 4.78 is 5.86. The van der Waals surface area contributed by atoms with Gasteiger partial charge in [-0.2, -0.15) is 0 Å². The normalized spacial score (nSPS) is 25.9. The van der Waals surface area contributed by atoms with Crippen molar-refractivity contribution in [2.24, 2.45) is 17.3 Å². The molecule has 0 aliphatic heterocycles. The zero-order valence-electron chi connectivity index (χ0n) is 13.0. The number of ether oxygens (including phenoxy) is 1. The molecule has 1 fully saturated rings.